The van der Waals surface area contributed by atoms with Crippen molar-refractivity contribution in [3.05, 3.63) is 83.1 Å². The molecule has 2 aromatic carbocycles. The van der Waals surface area contributed by atoms with Gasteiger partial charge in [-0.15, -0.1) is 0 Å². The summed E-state index contributed by atoms with van der Waals surface area (Å²) in [5.74, 6) is 0.203. The molecule has 5 nitrogen and oxygen atoms in total. The molecule has 1 unspecified atom stereocenters. The first-order valence-electron chi connectivity index (χ1n) is 12.3. The van der Waals surface area contributed by atoms with Gasteiger partial charge < -0.3 is 9.47 Å². The molecule has 2 amide bonds. The highest BCUT2D eigenvalue weighted by Gasteiger charge is 2.41. The minimum Gasteiger partial charge on any atom is -0.330 e. The number of anilines is 1. The Kier molecular flexibility index (Phi) is 5.45. The van der Waals surface area contributed by atoms with Gasteiger partial charge in [0.25, 0.3) is 0 Å². The van der Waals surface area contributed by atoms with Crippen LogP contribution in [0.2, 0.25) is 5.02 Å². The lowest BCUT2D eigenvalue weighted by molar-refractivity contribution is -0.139. The van der Waals surface area contributed by atoms with Gasteiger partial charge in [-0.1, -0.05) is 48.7 Å². The van der Waals surface area contributed by atoms with Crippen LogP contribution in [0.15, 0.2) is 66.9 Å². The fourth-order valence-electron chi connectivity index (χ4n) is 5.62. The third-order valence-corrected chi connectivity index (χ3v) is 7.71. The summed E-state index contributed by atoms with van der Waals surface area (Å²) in [5.41, 5.74) is 3.85. The Balaban J connectivity index is 1.40. The molecule has 0 saturated heterocycles. The van der Waals surface area contributed by atoms with E-state index < -0.39 is 0 Å². The van der Waals surface area contributed by atoms with Gasteiger partial charge in [0.15, 0.2) is 0 Å². The first kappa shape index (κ1) is 21.5. The maximum absolute atomic E-state index is 14.1. The summed E-state index contributed by atoms with van der Waals surface area (Å²) in [6.07, 6.45) is 8.14. The van der Waals surface area contributed by atoms with E-state index in [1.165, 1.54) is 0 Å². The van der Waals surface area contributed by atoms with Crippen LogP contribution in [0.3, 0.4) is 0 Å². The van der Waals surface area contributed by atoms with Crippen LogP contribution in [0.25, 0.3) is 5.69 Å². The summed E-state index contributed by atoms with van der Waals surface area (Å²) in [5, 5.41) is 0.662. The molecule has 6 heteroatoms. The average Bonchev–Trinajstić information content (AvgIpc) is 3.32. The van der Waals surface area contributed by atoms with E-state index in [-0.39, 0.29) is 36.4 Å². The molecule has 2 fully saturated rings. The number of fused-ring (bicyclic) bond motifs is 3. The lowest BCUT2D eigenvalue weighted by atomic mass is 9.97. The first-order chi connectivity index (χ1) is 16.6. The normalized spacial score (nSPS) is 19.6. The minimum atomic E-state index is -0.294. The fraction of sp³-hybridized carbons (Fsp3) is 0.357. The van der Waals surface area contributed by atoms with Gasteiger partial charge in [0.1, 0.15) is 12.6 Å². The van der Waals surface area contributed by atoms with E-state index in [0.29, 0.717) is 5.02 Å². The molecule has 0 N–H and O–H groups in total. The molecule has 0 bridgehead atoms. The SMILES string of the molecule is O=C(C1CCCC1)N(CC(=O)N1c2ccccc2-n2cccc2C1c1ccc(Cl)cc1)C1CC1. The van der Waals surface area contributed by atoms with Gasteiger partial charge in [-0.2, -0.15) is 0 Å². The summed E-state index contributed by atoms with van der Waals surface area (Å²) in [6.45, 7) is 0.124. The number of hydrogen-bond acceptors (Lipinski definition) is 2. The Morgan fingerprint density at radius 1 is 0.882 bits per heavy atom. The molecule has 3 aromatic rings. The lowest BCUT2D eigenvalue weighted by Gasteiger charge is -2.39. The van der Waals surface area contributed by atoms with Crippen molar-refractivity contribution in [3.8, 4) is 5.69 Å². The van der Waals surface area contributed by atoms with Crippen molar-refractivity contribution in [3.63, 3.8) is 0 Å². The van der Waals surface area contributed by atoms with E-state index in [4.69, 9.17) is 11.6 Å². The zero-order valence-electron chi connectivity index (χ0n) is 19.1. The van der Waals surface area contributed by atoms with Crippen LogP contribution in [0, 0.1) is 5.92 Å². The van der Waals surface area contributed by atoms with Crippen LogP contribution in [0.4, 0.5) is 5.69 Å². The van der Waals surface area contributed by atoms with Gasteiger partial charge in [-0.25, -0.2) is 0 Å². The van der Waals surface area contributed by atoms with E-state index in [2.05, 4.69) is 10.6 Å². The Morgan fingerprint density at radius 2 is 1.59 bits per heavy atom. The van der Waals surface area contributed by atoms with Crippen LogP contribution in [0.5, 0.6) is 0 Å². The van der Waals surface area contributed by atoms with Gasteiger partial charge in [-0.05, 0) is 67.6 Å². The molecular formula is C28H28ClN3O2. The Bertz CT molecular complexity index is 1220. The maximum Gasteiger partial charge on any atom is 0.247 e. The van der Waals surface area contributed by atoms with Gasteiger partial charge in [0.05, 0.1) is 17.1 Å². The Morgan fingerprint density at radius 3 is 2.29 bits per heavy atom. The average molecular weight is 474 g/mol. The van der Waals surface area contributed by atoms with Gasteiger partial charge in [-0.3, -0.25) is 14.5 Å². The highest BCUT2D eigenvalue weighted by molar-refractivity contribution is 6.30. The number of rotatable bonds is 5. The van der Waals surface area contributed by atoms with Crippen molar-refractivity contribution in [2.24, 2.45) is 5.92 Å². The number of amides is 2. The molecule has 34 heavy (non-hydrogen) atoms. The molecule has 2 heterocycles. The van der Waals surface area contributed by atoms with E-state index in [1.54, 1.807) is 0 Å². The number of halogens is 1. The van der Waals surface area contributed by atoms with Crippen molar-refractivity contribution in [1.82, 2.24) is 9.47 Å². The third kappa shape index (κ3) is 3.72. The second-order valence-corrected chi connectivity index (χ2v) is 10.1. The number of para-hydroxylation sites is 2. The summed E-state index contributed by atoms with van der Waals surface area (Å²) >= 11 is 6.19. The van der Waals surface area contributed by atoms with E-state index in [9.17, 15) is 9.59 Å². The highest BCUT2D eigenvalue weighted by atomic mass is 35.5. The van der Waals surface area contributed by atoms with E-state index in [1.807, 2.05) is 70.6 Å². The smallest absolute Gasteiger partial charge is 0.247 e. The molecular weight excluding hydrogens is 446 g/mol. The topological polar surface area (TPSA) is 45.6 Å². The molecule has 1 atom stereocenters. The number of hydrogen-bond donors (Lipinski definition) is 0. The molecule has 6 rings (SSSR count). The lowest BCUT2D eigenvalue weighted by Crippen LogP contribution is -2.48. The summed E-state index contributed by atoms with van der Waals surface area (Å²) < 4.78 is 2.15. The van der Waals surface area contributed by atoms with E-state index >= 15 is 0 Å². The fourth-order valence-corrected chi connectivity index (χ4v) is 5.75. The Hall–Kier alpha value is -3.05. The van der Waals surface area contributed by atoms with Crippen LogP contribution < -0.4 is 4.90 Å². The molecule has 2 saturated carbocycles. The predicted molar refractivity (Wildman–Crippen MR) is 133 cm³/mol. The van der Waals surface area contributed by atoms with E-state index in [0.717, 1.165) is 61.2 Å². The minimum absolute atomic E-state index is 0.0434. The first-order valence-corrected chi connectivity index (χ1v) is 12.6. The molecule has 2 aliphatic carbocycles. The van der Waals surface area contributed by atoms with Crippen LogP contribution >= 0.6 is 11.6 Å². The molecule has 1 aromatic heterocycles. The molecule has 0 radical (unpaired) electrons. The molecule has 0 spiro atoms. The molecule has 1 aliphatic heterocycles. The highest BCUT2D eigenvalue weighted by Crippen LogP contribution is 2.43. The number of carbonyl (C=O) groups excluding carboxylic acids is 2. The van der Waals surface area contributed by atoms with Crippen molar-refractivity contribution in [2.75, 3.05) is 11.4 Å². The largest absolute Gasteiger partial charge is 0.330 e. The zero-order chi connectivity index (χ0) is 23.2. The van der Waals surface area contributed by atoms with Crippen molar-refractivity contribution in [2.45, 2.75) is 50.6 Å². The number of aromatic nitrogens is 1. The van der Waals surface area contributed by atoms with Crippen LogP contribution in [-0.2, 0) is 9.59 Å². The van der Waals surface area contributed by atoms with Gasteiger partial charge in [0.2, 0.25) is 11.8 Å². The zero-order valence-corrected chi connectivity index (χ0v) is 19.8. The second kappa shape index (κ2) is 8.62. The van der Waals surface area contributed by atoms with Crippen molar-refractivity contribution < 1.29 is 9.59 Å². The van der Waals surface area contributed by atoms with Crippen molar-refractivity contribution >= 4 is 29.1 Å². The number of nitrogens with zero attached hydrogens (tertiary/aromatic N) is 3. The summed E-state index contributed by atoms with van der Waals surface area (Å²) in [4.78, 5) is 31.3. The van der Waals surface area contributed by atoms with Gasteiger partial charge >= 0.3 is 0 Å². The summed E-state index contributed by atoms with van der Waals surface area (Å²) in [7, 11) is 0. The molecule has 3 aliphatic rings. The Labute approximate surface area is 204 Å². The number of carbonyl (C=O) groups is 2. The standard InChI is InChI=1S/C28H28ClN3O2/c29-21-13-11-19(12-14-21)27-25-10-5-17-30(25)23-8-3-4-9-24(23)32(27)26(33)18-31(22-15-16-22)28(34)20-6-1-2-7-20/h3-5,8-14,17,20,22,27H,1-2,6-7,15-16,18H2. The van der Waals surface area contributed by atoms with Crippen LogP contribution in [0.1, 0.15) is 55.8 Å². The maximum atomic E-state index is 14.1. The predicted octanol–water partition coefficient (Wildman–Crippen LogP) is 5.75. The monoisotopic (exact) mass is 473 g/mol. The summed E-state index contributed by atoms with van der Waals surface area (Å²) in [6, 6.07) is 19.7. The third-order valence-electron chi connectivity index (χ3n) is 7.45. The molecule has 174 valence electrons. The number of benzene rings is 2. The van der Waals surface area contributed by atoms with Crippen molar-refractivity contribution in [1.29, 1.82) is 0 Å². The second-order valence-electron chi connectivity index (χ2n) is 9.69. The van der Waals surface area contributed by atoms with Crippen LogP contribution in [-0.4, -0.2) is 33.9 Å². The van der Waals surface area contributed by atoms with Gasteiger partial charge in [0, 0.05) is 23.2 Å². The quantitative estimate of drug-likeness (QED) is 0.473.